The Bertz CT molecular complexity index is 450. The summed E-state index contributed by atoms with van der Waals surface area (Å²) in [6.45, 7) is 3.75. The van der Waals surface area contributed by atoms with Crippen molar-refractivity contribution < 1.29 is 9.59 Å². The topological polar surface area (TPSA) is 46.2 Å². The molecule has 0 aliphatic rings. The maximum atomic E-state index is 11.0. The molecule has 0 aromatic heterocycles. The molecule has 1 amide bonds. The van der Waals surface area contributed by atoms with E-state index < -0.39 is 0 Å². The molecule has 0 fully saturated rings. The molecule has 3 heteroatoms. The van der Waals surface area contributed by atoms with Crippen molar-refractivity contribution in [2.45, 2.75) is 26.7 Å². The number of Topliss-reactive ketones (excluding diaryl/α,β-unsaturated/α-hetero) is 1. The van der Waals surface area contributed by atoms with E-state index in [9.17, 15) is 9.59 Å². The molecule has 0 spiro atoms. The first-order chi connectivity index (χ1) is 8.58. The number of nitrogens with one attached hydrogen (secondary N) is 1. The summed E-state index contributed by atoms with van der Waals surface area (Å²) in [7, 11) is 0. The number of hydrogen-bond acceptors (Lipinski definition) is 2. The van der Waals surface area contributed by atoms with Gasteiger partial charge in [0.2, 0.25) is 5.91 Å². The van der Waals surface area contributed by atoms with Gasteiger partial charge in [0, 0.05) is 19.9 Å². The molecule has 18 heavy (non-hydrogen) atoms. The Morgan fingerprint density at radius 3 is 2.72 bits per heavy atom. The molecule has 0 radical (unpaired) electrons. The summed E-state index contributed by atoms with van der Waals surface area (Å²) in [5.74, 6) is 0.161. The van der Waals surface area contributed by atoms with Crippen molar-refractivity contribution in [3.8, 4) is 0 Å². The number of ketones is 1. The van der Waals surface area contributed by atoms with Gasteiger partial charge in [-0.15, -0.1) is 0 Å². The third-order valence-electron chi connectivity index (χ3n) is 2.40. The van der Waals surface area contributed by atoms with E-state index in [1.165, 1.54) is 6.92 Å². The second kappa shape index (κ2) is 7.43. The van der Waals surface area contributed by atoms with E-state index >= 15 is 0 Å². The van der Waals surface area contributed by atoms with Crippen LogP contribution in [0.1, 0.15) is 31.4 Å². The summed E-state index contributed by atoms with van der Waals surface area (Å²) in [6, 6.07) is 7.91. The molecule has 0 saturated carbocycles. The Morgan fingerprint density at radius 1 is 1.28 bits per heavy atom. The molecule has 0 aliphatic heterocycles. The van der Waals surface area contributed by atoms with Gasteiger partial charge >= 0.3 is 0 Å². The minimum Gasteiger partial charge on any atom is -0.356 e. The Balaban J connectivity index is 2.48. The van der Waals surface area contributed by atoms with Gasteiger partial charge in [-0.25, -0.2) is 0 Å². The molecule has 0 saturated heterocycles. The minimum absolute atomic E-state index is 0.00754. The third kappa shape index (κ3) is 5.99. The smallest absolute Gasteiger partial charge is 0.216 e. The number of rotatable bonds is 6. The lowest BCUT2D eigenvalue weighted by Gasteiger charge is -2.00. The molecule has 0 unspecified atom stereocenters. The number of amides is 1. The predicted octanol–water partition coefficient (Wildman–Crippen LogP) is 2.36. The maximum Gasteiger partial charge on any atom is 0.216 e. The van der Waals surface area contributed by atoms with Crippen LogP contribution in [0.25, 0.3) is 6.08 Å². The molecular weight excluding hydrogens is 226 g/mol. The molecule has 1 rings (SSSR count). The first-order valence-electron chi connectivity index (χ1n) is 6.07. The van der Waals surface area contributed by atoms with Crippen molar-refractivity contribution in [1.29, 1.82) is 0 Å². The molecule has 1 aromatic carbocycles. The highest BCUT2D eigenvalue weighted by Gasteiger charge is 1.97. The normalized spacial score (nSPS) is 10.6. The fourth-order valence-corrected chi connectivity index (χ4v) is 1.65. The van der Waals surface area contributed by atoms with Crippen molar-refractivity contribution in [3.05, 3.63) is 41.5 Å². The highest BCUT2D eigenvalue weighted by molar-refractivity contribution is 5.78. The van der Waals surface area contributed by atoms with Crippen molar-refractivity contribution in [3.63, 3.8) is 0 Å². The molecule has 96 valence electrons. The van der Waals surface area contributed by atoms with Crippen LogP contribution in [0.2, 0.25) is 0 Å². The van der Waals surface area contributed by atoms with Gasteiger partial charge in [-0.2, -0.15) is 0 Å². The lowest BCUT2D eigenvalue weighted by atomic mass is 10.1. The Hall–Kier alpha value is -1.90. The van der Waals surface area contributed by atoms with Crippen molar-refractivity contribution in [1.82, 2.24) is 5.32 Å². The molecule has 0 atom stereocenters. The molecule has 1 aromatic rings. The monoisotopic (exact) mass is 245 g/mol. The summed E-state index contributed by atoms with van der Waals surface area (Å²) in [5, 5.41) is 2.73. The fourth-order valence-electron chi connectivity index (χ4n) is 1.65. The second-order valence-corrected chi connectivity index (χ2v) is 4.30. The average molecular weight is 245 g/mol. The van der Waals surface area contributed by atoms with Crippen molar-refractivity contribution in [2.24, 2.45) is 0 Å². The average Bonchev–Trinajstić information content (AvgIpc) is 2.27. The zero-order valence-electron chi connectivity index (χ0n) is 10.9. The van der Waals surface area contributed by atoms with Crippen LogP contribution in [0.5, 0.6) is 0 Å². The van der Waals surface area contributed by atoms with E-state index in [0.29, 0.717) is 13.0 Å². The minimum atomic E-state index is -0.00754. The zero-order chi connectivity index (χ0) is 13.4. The van der Waals surface area contributed by atoms with Crippen LogP contribution in [0.3, 0.4) is 0 Å². The van der Waals surface area contributed by atoms with E-state index in [2.05, 4.69) is 5.32 Å². The number of hydrogen-bond donors (Lipinski definition) is 1. The highest BCUT2D eigenvalue weighted by Crippen LogP contribution is 2.08. The van der Waals surface area contributed by atoms with Crippen LogP contribution in [0.4, 0.5) is 0 Å². The van der Waals surface area contributed by atoms with E-state index in [4.69, 9.17) is 0 Å². The van der Waals surface area contributed by atoms with Crippen LogP contribution in [-0.2, 0) is 16.0 Å². The molecular formula is C15H19NO2. The quantitative estimate of drug-likeness (QED) is 0.782. The number of carbonyl (C=O) groups is 2. The molecule has 0 bridgehead atoms. The lowest BCUT2D eigenvalue weighted by molar-refractivity contribution is -0.119. The highest BCUT2D eigenvalue weighted by atomic mass is 16.1. The van der Waals surface area contributed by atoms with Gasteiger partial charge in [-0.3, -0.25) is 9.59 Å². The number of benzene rings is 1. The molecule has 0 heterocycles. The maximum absolute atomic E-state index is 11.0. The Morgan fingerprint density at radius 2 is 2.06 bits per heavy atom. The molecule has 1 N–H and O–H groups in total. The second-order valence-electron chi connectivity index (χ2n) is 4.30. The van der Waals surface area contributed by atoms with Gasteiger partial charge < -0.3 is 5.32 Å². The van der Waals surface area contributed by atoms with Gasteiger partial charge in [0.1, 0.15) is 5.78 Å². The van der Waals surface area contributed by atoms with Crippen LogP contribution < -0.4 is 5.32 Å². The SMILES string of the molecule is CC(=O)Cc1cccc(C=CCCNC(C)=O)c1. The van der Waals surface area contributed by atoms with E-state index in [1.807, 2.05) is 36.4 Å². The van der Waals surface area contributed by atoms with Crippen LogP contribution >= 0.6 is 0 Å². The summed E-state index contributed by atoms with van der Waals surface area (Å²) >= 11 is 0. The van der Waals surface area contributed by atoms with Gasteiger partial charge in [-0.1, -0.05) is 36.4 Å². The van der Waals surface area contributed by atoms with Crippen molar-refractivity contribution in [2.75, 3.05) is 6.54 Å². The third-order valence-corrected chi connectivity index (χ3v) is 2.40. The zero-order valence-corrected chi connectivity index (χ0v) is 10.9. The van der Waals surface area contributed by atoms with Gasteiger partial charge in [0.15, 0.2) is 0 Å². The Kier molecular flexibility index (Phi) is 5.85. The van der Waals surface area contributed by atoms with Crippen LogP contribution in [0, 0.1) is 0 Å². The van der Waals surface area contributed by atoms with E-state index in [0.717, 1.165) is 17.5 Å². The summed E-state index contributed by atoms with van der Waals surface area (Å²) in [6.07, 6.45) is 5.30. The molecule has 0 aliphatic carbocycles. The number of carbonyl (C=O) groups excluding carboxylic acids is 2. The van der Waals surface area contributed by atoms with Crippen molar-refractivity contribution >= 4 is 17.8 Å². The van der Waals surface area contributed by atoms with Crippen LogP contribution in [0.15, 0.2) is 30.3 Å². The summed E-state index contributed by atoms with van der Waals surface area (Å²) in [5.41, 5.74) is 2.11. The first-order valence-corrected chi connectivity index (χ1v) is 6.07. The first kappa shape index (κ1) is 14.2. The predicted molar refractivity (Wildman–Crippen MR) is 73.2 cm³/mol. The van der Waals surface area contributed by atoms with Crippen LogP contribution in [-0.4, -0.2) is 18.2 Å². The van der Waals surface area contributed by atoms with E-state index in [-0.39, 0.29) is 11.7 Å². The largest absolute Gasteiger partial charge is 0.356 e. The Labute approximate surface area is 108 Å². The molecule has 3 nitrogen and oxygen atoms in total. The standard InChI is InChI=1S/C15H19NO2/c1-12(17)10-15-8-5-7-14(11-15)6-3-4-9-16-13(2)18/h3,5-8,11H,4,9-10H2,1-2H3,(H,16,18). The lowest BCUT2D eigenvalue weighted by Crippen LogP contribution is -2.20. The van der Waals surface area contributed by atoms with Gasteiger partial charge in [0.05, 0.1) is 0 Å². The van der Waals surface area contributed by atoms with E-state index in [1.54, 1.807) is 6.92 Å². The van der Waals surface area contributed by atoms with Gasteiger partial charge in [-0.05, 0) is 24.5 Å². The van der Waals surface area contributed by atoms with Gasteiger partial charge in [0.25, 0.3) is 0 Å². The fraction of sp³-hybridized carbons (Fsp3) is 0.333. The summed E-state index contributed by atoms with van der Waals surface area (Å²) in [4.78, 5) is 21.7. The summed E-state index contributed by atoms with van der Waals surface area (Å²) < 4.78 is 0.